The van der Waals surface area contributed by atoms with Crippen LogP contribution in [0.4, 0.5) is 10.1 Å². The van der Waals surface area contributed by atoms with Crippen LogP contribution in [0.1, 0.15) is 11.1 Å². The number of nitro groups is 1. The lowest BCUT2D eigenvalue weighted by Crippen LogP contribution is -1.94. The van der Waals surface area contributed by atoms with Crippen molar-refractivity contribution in [2.45, 2.75) is 12.3 Å². The van der Waals surface area contributed by atoms with Crippen molar-refractivity contribution in [3.05, 3.63) is 63.5 Å². The molecule has 0 saturated heterocycles. The Hall–Kier alpha value is -1.95. The van der Waals surface area contributed by atoms with Gasteiger partial charge in [-0.05, 0) is 36.2 Å². The molecular formula is C14H11BrFNO3. The molecule has 20 heavy (non-hydrogen) atoms. The zero-order chi connectivity index (χ0) is 14.7. The van der Waals surface area contributed by atoms with E-state index in [9.17, 15) is 14.5 Å². The number of alkyl halides is 1. The molecule has 0 saturated carbocycles. The number of non-ortho nitro benzene ring substituents is 1. The minimum absolute atomic E-state index is 0.0401. The summed E-state index contributed by atoms with van der Waals surface area (Å²) in [4.78, 5) is 10.2. The summed E-state index contributed by atoms with van der Waals surface area (Å²) < 4.78 is 19.3. The Morgan fingerprint density at radius 3 is 2.60 bits per heavy atom. The number of hydrogen-bond acceptors (Lipinski definition) is 3. The second-order valence-electron chi connectivity index (χ2n) is 4.21. The average molecular weight is 340 g/mol. The summed E-state index contributed by atoms with van der Waals surface area (Å²) in [5.41, 5.74) is 1.38. The van der Waals surface area contributed by atoms with E-state index in [1.165, 1.54) is 24.3 Å². The summed E-state index contributed by atoms with van der Waals surface area (Å²) in [5, 5.41) is 11.3. The van der Waals surface area contributed by atoms with E-state index in [2.05, 4.69) is 15.9 Å². The van der Waals surface area contributed by atoms with Crippen LogP contribution < -0.4 is 4.74 Å². The molecule has 0 aliphatic heterocycles. The molecule has 6 heteroatoms. The fourth-order valence-electron chi connectivity index (χ4n) is 1.64. The predicted octanol–water partition coefficient (Wildman–Crippen LogP) is 4.73. The topological polar surface area (TPSA) is 52.4 Å². The van der Waals surface area contributed by atoms with Crippen molar-refractivity contribution in [1.29, 1.82) is 0 Å². The molecule has 2 aromatic rings. The number of benzene rings is 2. The molecule has 0 fully saturated rings. The molecule has 0 bridgehead atoms. The first kappa shape index (κ1) is 14.5. The van der Waals surface area contributed by atoms with E-state index in [4.69, 9.17) is 4.74 Å². The summed E-state index contributed by atoms with van der Waals surface area (Å²) in [6.07, 6.45) is 0. The molecule has 0 aromatic heterocycles. The molecule has 104 valence electrons. The summed E-state index contributed by atoms with van der Waals surface area (Å²) >= 11 is 3.24. The van der Waals surface area contributed by atoms with Crippen molar-refractivity contribution >= 4 is 21.6 Å². The molecule has 0 radical (unpaired) electrons. The van der Waals surface area contributed by atoms with Gasteiger partial charge < -0.3 is 4.74 Å². The van der Waals surface area contributed by atoms with Gasteiger partial charge in [0.05, 0.1) is 11.0 Å². The van der Waals surface area contributed by atoms with Crippen LogP contribution in [0.5, 0.6) is 11.5 Å². The van der Waals surface area contributed by atoms with Crippen LogP contribution in [0.25, 0.3) is 0 Å². The smallest absolute Gasteiger partial charge is 0.273 e. The maximum atomic E-state index is 13.8. The molecule has 0 N–H and O–H groups in total. The highest BCUT2D eigenvalue weighted by Gasteiger charge is 2.12. The van der Waals surface area contributed by atoms with Crippen LogP contribution in [0.2, 0.25) is 0 Å². The zero-order valence-corrected chi connectivity index (χ0v) is 12.2. The summed E-state index contributed by atoms with van der Waals surface area (Å²) in [7, 11) is 0. The van der Waals surface area contributed by atoms with Crippen LogP contribution in [-0.2, 0) is 5.33 Å². The van der Waals surface area contributed by atoms with Gasteiger partial charge in [0.25, 0.3) is 5.69 Å². The van der Waals surface area contributed by atoms with Crippen molar-refractivity contribution in [2.75, 3.05) is 0 Å². The second-order valence-corrected chi connectivity index (χ2v) is 4.77. The van der Waals surface area contributed by atoms with Crippen molar-refractivity contribution in [1.82, 2.24) is 0 Å². The molecule has 0 aliphatic carbocycles. The standard InChI is InChI=1S/C14H11BrFNO3/c1-9-2-4-11(17(18)19)7-14(9)20-13-5-3-10(8-15)6-12(13)16/h2-7H,8H2,1H3. The SMILES string of the molecule is Cc1ccc([N+](=O)[O-])cc1Oc1ccc(CBr)cc1F. The highest BCUT2D eigenvalue weighted by molar-refractivity contribution is 9.08. The Bertz CT molecular complexity index is 661. The molecule has 0 atom stereocenters. The van der Waals surface area contributed by atoms with Crippen molar-refractivity contribution in [3.8, 4) is 11.5 Å². The maximum Gasteiger partial charge on any atom is 0.273 e. The molecular weight excluding hydrogens is 329 g/mol. The number of ether oxygens (including phenoxy) is 1. The van der Waals surface area contributed by atoms with Crippen LogP contribution in [0, 0.1) is 22.9 Å². The van der Waals surface area contributed by atoms with E-state index in [1.54, 1.807) is 19.1 Å². The zero-order valence-electron chi connectivity index (χ0n) is 10.6. The Kier molecular flexibility index (Phi) is 4.34. The normalized spacial score (nSPS) is 10.3. The number of halogens is 2. The quantitative estimate of drug-likeness (QED) is 0.459. The Morgan fingerprint density at radius 1 is 1.25 bits per heavy atom. The van der Waals surface area contributed by atoms with Gasteiger partial charge in [0.1, 0.15) is 5.75 Å². The lowest BCUT2D eigenvalue weighted by molar-refractivity contribution is -0.384. The van der Waals surface area contributed by atoms with E-state index < -0.39 is 10.7 Å². The largest absolute Gasteiger partial charge is 0.454 e. The molecule has 0 spiro atoms. The van der Waals surface area contributed by atoms with E-state index in [0.29, 0.717) is 10.9 Å². The summed E-state index contributed by atoms with van der Waals surface area (Å²) in [5.74, 6) is -0.198. The third kappa shape index (κ3) is 3.14. The highest BCUT2D eigenvalue weighted by atomic mass is 79.9. The van der Waals surface area contributed by atoms with Crippen molar-refractivity contribution < 1.29 is 14.1 Å². The third-order valence-electron chi connectivity index (χ3n) is 2.75. The van der Waals surface area contributed by atoms with Gasteiger partial charge >= 0.3 is 0 Å². The molecule has 2 rings (SSSR count). The van der Waals surface area contributed by atoms with Gasteiger partial charge in [-0.3, -0.25) is 10.1 Å². The Morgan fingerprint density at radius 2 is 2.00 bits per heavy atom. The first-order valence-corrected chi connectivity index (χ1v) is 6.90. The van der Waals surface area contributed by atoms with Crippen LogP contribution in [-0.4, -0.2) is 4.92 Å². The first-order valence-electron chi connectivity index (χ1n) is 5.78. The molecule has 2 aromatic carbocycles. The fourth-order valence-corrected chi connectivity index (χ4v) is 1.99. The van der Waals surface area contributed by atoms with E-state index >= 15 is 0 Å². The first-order chi connectivity index (χ1) is 9.51. The van der Waals surface area contributed by atoms with Crippen LogP contribution >= 0.6 is 15.9 Å². The maximum absolute atomic E-state index is 13.8. The van der Waals surface area contributed by atoms with Gasteiger partial charge in [-0.15, -0.1) is 0 Å². The Labute approximate surface area is 123 Å². The molecule has 0 aliphatic rings. The van der Waals surface area contributed by atoms with Gasteiger partial charge in [0, 0.05) is 11.4 Å². The monoisotopic (exact) mass is 339 g/mol. The third-order valence-corrected chi connectivity index (χ3v) is 3.40. The molecule has 4 nitrogen and oxygen atoms in total. The van der Waals surface area contributed by atoms with Crippen LogP contribution in [0.3, 0.4) is 0 Å². The minimum atomic E-state index is -0.517. The number of hydrogen-bond donors (Lipinski definition) is 0. The van der Waals surface area contributed by atoms with Gasteiger partial charge in [0.2, 0.25) is 0 Å². The number of rotatable bonds is 4. The summed E-state index contributed by atoms with van der Waals surface area (Å²) in [6.45, 7) is 1.74. The summed E-state index contributed by atoms with van der Waals surface area (Å²) in [6, 6.07) is 8.82. The van der Waals surface area contributed by atoms with Gasteiger partial charge in [-0.25, -0.2) is 4.39 Å². The predicted molar refractivity (Wildman–Crippen MR) is 76.9 cm³/mol. The van der Waals surface area contributed by atoms with Crippen molar-refractivity contribution in [3.63, 3.8) is 0 Å². The van der Waals surface area contributed by atoms with Gasteiger partial charge in [-0.2, -0.15) is 0 Å². The number of nitro benzene ring substituents is 1. The average Bonchev–Trinajstić information content (AvgIpc) is 2.42. The Balaban J connectivity index is 2.34. The van der Waals surface area contributed by atoms with E-state index in [1.807, 2.05) is 0 Å². The fraction of sp³-hybridized carbons (Fsp3) is 0.143. The van der Waals surface area contributed by atoms with E-state index in [0.717, 1.165) is 5.56 Å². The number of nitrogens with zero attached hydrogens (tertiary/aromatic N) is 1. The van der Waals surface area contributed by atoms with Crippen LogP contribution in [0.15, 0.2) is 36.4 Å². The highest BCUT2D eigenvalue weighted by Crippen LogP contribution is 2.30. The molecule has 0 heterocycles. The number of aryl methyl sites for hydroxylation is 1. The second kappa shape index (κ2) is 6.00. The minimum Gasteiger partial charge on any atom is -0.454 e. The van der Waals surface area contributed by atoms with Gasteiger partial charge in [-0.1, -0.05) is 22.0 Å². The lowest BCUT2D eigenvalue weighted by Gasteiger charge is -2.10. The lowest BCUT2D eigenvalue weighted by atomic mass is 10.2. The van der Waals surface area contributed by atoms with E-state index in [-0.39, 0.29) is 17.2 Å². The van der Waals surface area contributed by atoms with Crippen molar-refractivity contribution in [2.24, 2.45) is 0 Å². The molecule has 0 unspecified atom stereocenters. The van der Waals surface area contributed by atoms with Gasteiger partial charge in [0.15, 0.2) is 11.6 Å². The molecule has 0 amide bonds.